The maximum absolute atomic E-state index is 12.3. The smallest absolute Gasteiger partial charge is 0.320 e. The van der Waals surface area contributed by atoms with E-state index in [2.05, 4.69) is 6.92 Å². The first-order valence-electron chi connectivity index (χ1n) is 11.3. The molecule has 0 saturated heterocycles. The molecule has 0 aliphatic carbocycles. The van der Waals surface area contributed by atoms with Crippen LogP contribution in [0.3, 0.4) is 0 Å². The maximum Gasteiger partial charge on any atom is 0.320 e. The molecule has 2 aromatic rings. The second-order valence-corrected chi connectivity index (χ2v) is 7.77. The molecule has 2 rings (SSSR count). The first-order valence-corrected chi connectivity index (χ1v) is 11.3. The number of rotatable bonds is 15. The second-order valence-electron chi connectivity index (χ2n) is 7.77. The van der Waals surface area contributed by atoms with Gasteiger partial charge in [-0.05, 0) is 24.1 Å². The van der Waals surface area contributed by atoms with Crippen LogP contribution in [0, 0.1) is 0 Å². The molecule has 0 saturated carbocycles. The molecule has 0 amide bonds. The number of carbonyl (C=O) groups excluding carboxylic acids is 2. The van der Waals surface area contributed by atoms with Crippen LogP contribution in [-0.2, 0) is 32.3 Å². The largest absolute Gasteiger partial charge is 0.460 e. The lowest BCUT2D eigenvalue weighted by atomic mass is 10.1. The summed E-state index contributed by atoms with van der Waals surface area (Å²) in [5.74, 6) is -0.656. The van der Waals surface area contributed by atoms with Crippen LogP contribution >= 0.6 is 0 Å². The minimum absolute atomic E-state index is 0.0855. The molecule has 0 spiro atoms. The predicted molar refractivity (Wildman–Crippen MR) is 122 cm³/mol. The van der Waals surface area contributed by atoms with Crippen molar-refractivity contribution in [2.24, 2.45) is 0 Å². The van der Waals surface area contributed by atoms with Crippen molar-refractivity contribution < 1.29 is 19.1 Å². The molecule has 5 nitrogen and oxygen atoms in total. The number of esters is 2. The van der Waals surface area contributed by atoms with Gasteiger partial charge in [0.05, 0.1) is 13.1 Å². The molecular weight excluding hydrogens is 390 g/mol. The molecule has 0 radical (unpaired) electrons. The van der Waals surface area contributed by atoms with Crippen LogP contribution < -0.4 is 0 Å². The van der Waals surface area contributed by atoms with Gasteiger partial charge in [-0.25, -0.2) is 0 Å². The van der Waals surface area contributed by atoms with E-state index in [4.69, 9.17) is 9.47 Å². The van der Waals surface area contributed by atoms with E-state index in [0.717, 1.165) is 24.0 Å². The highest BCUT2D eigenvalue weighted by molar-refractivity contribution is 5.75. The van der Waals surface area contributed by atoms with E-state index in [-0.39, 0.29) is 38.2 Å². The third-order valence-electron chi connectivity index (χ3n) is 5.02. The van der Waals surface area contributed by atoms with Crippen molar-refractivity contribution in [2.75, 3.05) is 19.6 Å². The molecular formula is C26H35NO4. The van der Waals surface area contributed by atoms with E-state index in [1.54, 1.807) is 0 Å². The highest BCUT2D eigenvalue weighted by Gasteiger charge is 2.16. The van der Waals surface area contributed by atoms with Crippen LogP contribution in [-0.4, -0.2) is 36.5 Å². The van der Waals surface area contributed by atoms with Gasteiger partial charge in [0.25, 0.3) is 0 Å². The zero-order valence-electron chi connectivity index (χ0n) is 18.6. The number of nitrogens with zero attached hydrogens (tertiary/aromatic N) is 1. The number of hydrogen-bond donors (Lipinski definition) is 0. The molecule has 31 heavy (non-hydrogen) atoms. The first kappa shape index (κ1) is 24.6. The Kier molecular flexibility index (Phi) is 12.1. The lowest BCUT2D eigenvalue weighted by Gasteiger charge is -2.20. The van der Waals surface area contributed by atoms with E-state index in [0.29, 0.717) is 6.54 Å². The van der Waals surface area contributed by atoms with E-state index >= 15 is 0 Å². The number of hydrogen-bond acceptors (Lipinski definition) is 5. The van der Waals surface area contributed by atoms with Crippen molar-refractivity contribution in [3.05, 3.63) is 71.8 Å². The third kappa shape index (κ3) is 11.3. The van der Waals surface area contributed by atoms with Gasteiger partial charge in [0.1, 0.15) is 13.2 Å². The number of unbranched alkanes of at least 4 members (excludes halogenated alkanes) is 5. The zero-order valence-corrected chi connectivity index (χ0v) is 18.6. The molecule has 0 fully saturated rings. The van der Waals surface area contributed by atoms with Gasteiger partial charge in [0.2, 0.25) is 0 Å². The van der Waals surface area contributed by atoms with Crippen LogP contribution in [0.25, 0.3) is 0 Å². The van der Waals surface area contributed by atoms with Gasteiger partial charge in [-0.1, -0.05) is 99.7 Å². The van der Waals surface area contributed by atoms with Crippen molar-refractivity contribution in [1.29, 1.82) is 0 Å². The Labute approximate surface area is 186 Å². The minimum atomic E-state index is -0.328. The molecule has 0 aromatic heterocycles. The van der Waals surface area contributed by atoms with Crippen LogP contribution in [0.4, 0.5) is 0 Å². The fraction of sp³-hybridized carbons (Fsp3) is 0.462. The summed E-state index contributed by atoms with van der Waals surface area (Å²) in [7, 11) is 0. The summed E-state index contributed by atoms with van der Waals surface area (Å²) < 4.78 is 10.8. The summed E-state index contributed by atoms with van der Waals surface area (Å²) in [6, 6.07) is 19.2. The average molecular weight is 426 g/mol. The summed E-state index contributed by atoms with van der Waals surface area (Å²) in [5.41, 5.74) is 1.89. The fourth-order valence-electron chi connectivity index (χ4n) is 3.26. The van der Waals surface area contributed by atoms with E-state index < -0.39 is 0 Å². The van der Waals surface area contributed by atoms with E-state index in [1.807, 2.05) is 65.6 Å². The van der Waals surface area contributed by atoms with Crippen molar-refractivity contribution >= 4 is 11.9 Å². The molecule has 0 heterocycles. The topological polar surface area (TPSA) is 55.8 Å². The summed E-state index contributed by atoms with van der Waals surface area (Å²) in [6.45, 7) is 3.52. The van der Waals surface area contributed by atoms with Crippen LogP contribution in [0.2, 0.25) is 0 Å². The molecule has 2 aromatic carbocycles. The molecule has 0 N–H and O–H groups in total. The number of carbonyl (C=O) groups is 2. The SMILES string of the molecule is CCCCCCCCN(CC(=O)OCc1ccccc1)CC(=O)OCc1ccccc1. The van der Waals surface area contributed by atoms with Crippen molar-refractivity contribution in [2.45, 2.75) is 58.7 Å². The molecule has 0 atom stereocenters. The molecule has 0 aliphatic heterocycles. The molecule has 168 valence electrons. The Balaban J connectivity index is 1.79. The number of benzene rings is 2. The quantitative estimate of drug-likeness (QED) is 0.292. The number of ether oxygens (including phenoxy) is 2. The van der Waals surface area contributed by atoms with E-state index in [1.165, 1.54) is 25.7 Å². The van der Waals surface area contributed by atoms with Gasteiger partial charge in [-0.2, -0.15) is 0 Å². The Morgan fingerprint density at radius 3 is 1.61 bits per heavy atom. The zero-order chi connectivity index (χ0) is 22.2. The molecule has 0 aliphatic rings. The van der Waals surface area contributed by atoms with Gasteiger partial charge in [0.15, 0.2) is 0 Å². The van der Waals surface area contributed by atoms with Gasteiger partial charge >= 0.3 is 11.9 Å². The standard InChI is InChI=1S/C26H35NO4/c1-2-3-4-5-6-13-18-27(19-25(28)30-21-23-14-9-7-10-15-23)20-26(29)31-22-24-16-11-8-12-17-24/h7-12,14-17H,2-6,13,18-22H2,1H3. The highest BCUT2D eigenvalue weighted by Crippen LogP contribution is 2.08. The van der Waals surface area contributed by atoms with Crippen LogP contribution in [0.1, 0.15) is 56.6 Å². The van der Waals surface area contributed by atoms with Gasteiger partial charge in [-0.3, -0.25) is 14.5 Å². The van der Waals surface area contributed by atoms with Crippen LogP contribution in [0.15, 0.2) is 60.7 Å². The summed E-state index contributed by atoms with van der Waals surface area (Å²) in [6.07, 6.45) is 6.91. The maximum atomic E-state index is 12.3. The third-order valence-corrected chi connectivity index (χ3v) is 5.02. The molecule has 0 unspecified atom stereocenters. The summed E-state index contributed by atoms with van der Waals surface area (Å²) in [5, 5.41) is 0. The fourth-order valence-corrected chi connectivity index (χ4v) is 3.26. The van der Waals surface area contributed by atoms with E-state index in [9.17, 15) is 9.59 Å². The lowest BCUT2D eigenvalue weighted by Crippen LogP contribution is -2.36. The normalized spacial score (nSPS) is 10.8. The van der Waals surface area contributed by atoms with Crippen molar-refractivity contribution in [3.63, 3.8) is 0 Å². The summed E-state index contributed by atoms with van der Waals surface area (Å²) in [4.78, 5) is 26.5. The Morgan fingerprint density at radius 2 is 1.13 bits per heavy atom. The Morgan fingerprint density at radius 1 is 0.677 bits per heavy atom. The predicted octanol–water partition coefficient (Wildman–Crippen LogP) is 5.14. The van der Waals surface area contributed by atoms with Gasteiger partial charge in [0, 0.05) is 0 Å². The Bertz CT molecular complexity index is 691. The van der Waals surface area contributed by atoms with Gasteiger partial charge in [-0.15, -0.1) is 0 Å². The second kappa shape index (κ2) is 15.2. The highest BCUT2D eigenvalue weighted by atomic mass is 16.5. The first-order chi connectivity index (χ1) is 15.2. The minimum Gasteiger partial charge on any atom is -0.460 e. The van der Waals surface area contributed by atoms with Gasteiger partial charge < -0.3 is 9.47 Å². The summed E-state index contributed by atoms with van der Waals surface area (Å²) >= 11 is 0. The molecule has 5 heteroatoms. The van der Waals surface area contributed by atoms with Crippen molar-refractivity contribution in [3.8, 4) is 0 Å². The van der Waals surface area contributed by atoms with Crippen molar-refractivity contribution in [1.82, 2.24) is 4.90 Å². The van der Waals surface area contributed by atoms with Crippen LogP contribution in [0.5, 0.6) is 0 Å². The average Bonchev–Trinajstić information content (AvgIpc) is 2.80. The lowest BCUT2D eigenvalue weighted by molar-refractivity contribution is -0.150. The monoisotopic (exact) mass is 425 g/mol. The molecule has 0 bridgehead atoms. The Hall–Kier alpha value is -2.66.